The van der Waals surface area contributed by atoms with Crippen LogP contribution in [0.1, 0.15) is 11.4 Å². The summed E-state index contributed by atoms with van der Waals surface area (Å²) in [5.41, 5.74) is 3.87. The van der Waals surface area contributed by atoms with Gasteiger partial charge in [0.2, 0.25) is 0 Å². The number of nitrogens with one attached hydrogen (secondary N) is 2. The van der Waals surface area contributed by atoms with Gasteiger partial charge in [0.25, 0.3) is 0 Å². The van der Waals surface area contributed by atoms with Crippen molar-refractivity contribution in [2.75, 3.05) is 5.32 Å². The van der Waals surface area contributed by atoms with E-state index in [4.69, 9.17) is 0 Å². The van der Waals surface area contributed by atoms with E-state index < -0.39 is 0 Å². The first-order chi connectivity index (χ1) is 10.6. The van der Waals surface area contributed by atoms with E-state index in [1.54, 1.807) is 0 Å². The molecule has 0 aliphatic heterocycles. The molecule has 0 radical (unpaired) electrons. The Bertz CT molecular complexity index is 822. The lowest BCUT2D eigenvalue weighted by Crippen LogP contribution is -2.29. The summed E-state index contributed by atoms with van der Waals surface area (Å²) >= 11 is 0. The van der Waals surface area contributed by atoms with Gasteiger partial charge in [0.15, 0.2) is 0 Å². The molecule has 2 aromatic carbocycles. The second-order valence-electron chi connectivity index (χ2n) is 5.25. The van der Waals surface area contributed by atoms with E-state index in [1.165, 1.54) is 0 Å². The monoisotopic (exact) mass is 294 g/mol. The fraction of sp³-hybridized carbons (Fsp3) is 0.176. The maximum Gasteiger partial charge on any atom is 0.319 e. The Hall–Kier alpha value is -2.82. The number of imidazole rings is 1. The lowest BCUT2D eigenvalue weighted by atomic mass is 10.2. The van der Waals surface area contributed by atoms with Crippen molar-refractivity contribution in [2.45, 2.75) is 13.5 Å². The van der Waals surface area contributed by atoms with Gasteiger partial charge in [-0.3, -0.25) is 0 Å². The van der Waals surface area contributed by atoms with E-state index in [-0.39, 0.29) is 6.03 Å². The average molecular weight is 294 g/mol. The quantitative estimate of drug-likeness (QED) is 0.779. The molecular weight excluding hydrogens is 276 g/mol. The summed E-state index contributed by atoms with van der Waals surface area (Å²) in [7, 11) is 1.95. The molecule has 5 heteroatoms. The average Bonchev–Trinajstić information content (AvgIpc) is 2.82. The second kappa shape index (κ2) is 5.89. The molecule has 0 atom stereocenters. The number of hydrogen-bond donors (Lipinski definition) is 2. The minimum absolute atomic E-state index is 0.238. The number of para-hydroxylation sites is 2. The van der Waals surface area contributed by atoms with Crippen LogP contribution in [0.5, 0.6) is 0 Å². The molecule has 5 nitrogen and oxygen atoms in total. The molecule has 0 unspecified atom stereocenters. The molecule has 0 fully saturated rings. The van der Waals surface area contributed by atoms with Crippen molar-refractivity contribution < 1.29 is 4.79 Å². The molecule has 0 aliphatic rings. The zero-order chi connectivity index (χ0) is 15.5. The van der Waals surface area contributed by atoms with Crippen LogP contribution in [0.25, 0.3) is 11.0 Å². The number of rotatable bonds is 3. The van der Waals surface area contributed by atoms with Crippen molar-refractivity contribution >= 4 is 22.8 Å². The Kier molecular flexibility index (Phi) is 3.78. The molecule has 1 heterocycles. The minimum Gasteiger partial charge on any atom is -0.331 e. The third kappa shape index (κ3) is 2.93. The highest BCUT2D eigenvalue weighted by molar-refractivity contribution is 5.89. The van der Waals surface area contributed by atoms with E-state index in [0.717, 1.165) is 28.1 Å². The van der Waals surface area contributed by atoms with Crippen molar-refractivity contribution in [1.29, 1.82) is 0 Å². The number of fused-ring (bicyclic) bond motifs is 1. The molecule has 0 spiro atoms. The first-order valence-electron chi connectivity index (χ1n) is 7.15. The number of carbonyl (C=O) groups excluding carboxylic acids is 1. The molecule has 3 aromatic rings. The third-order valence-corrected chi connectivity index (χ3v) is 3.56. The van der Waals surface area contributed by atoms with Crippen LogP contribution in [-0.4, -0.2) is 15.6 Å². The second-order valence-corrected chi connectivity index (χ2v) is 5.25. The van der Waals surface area contributed by atoms with Crippen molar-refractivity contribution in [3.8, 4) is 0 Å². The molecule has 112 valence electrons. The number of amides is 2. The van der Waals surface area contributed by atoms with Gasteiger partial charge in [-0.25, -0.2) is 9.78 Å². The molecule has 1 aromatic heterocycles. The highest BCUT2D eigenvalue weighted by Gasteiger charge is 2.08. The van der Waals surface area contributed by atoms with E-state index in [1.807, 2.05) is 67.1 Å². The normalized spacial score (nSPS) is 10.6. The van der Waals surface area contributed by atoms with Gasteiger partial charge in [-0.05, 0) is 36.8 Å². The predicted molar refractivity (Wildman–Crippen MR) is 87.8 cm³/mol. The molecule has 0 aliphatic carbocycles. The highest BCUT2D eigenvalue weighted by Crippen LogP contribution is 2.14. The van der Waals surface area contributed by atoms with Crippen LogP contribution in [0.3, 0.4) is 0 Å². The molecule has 0 bridgehead atoms. The fourth-order valence-corrected chi connectivity index (χ4v) is 2.41. The number of aryl methyl sites for hydroxylation is 2. The summed E-state index contributed by atoms with van der Waals surface area (Å²) in [5, 5.41) is 5.65. The first kappa shape index (κ1) is 14.1. The zero-order valence-corrected chi connectivity index (χ0v) is 12.6. The number of anilines is 1. The van der Waals surface area contributed by atoms with Crippen LogP contribution in [-0.2, 0) is 13.6 Å². The number of hydrogen-bond acceptors (Lipinski definition) is 2. The van der Waals surface area contributed by atoms with Crippen molar-refractivity contribution in [2.24, 2.45) is 7.05 Å². The molecule has 0 saturated carbocycles. The highest BCUT2D eigenvalue weighted by atomic mass is 16.2. The van der Waals surface area contributed by atoms with Gasteiger partial charge in [0.05, 0.1) is 17.6 Å². The number of nitrogens with zero attached hydrogens (tertiary/aromatic N) is 2. The van der Waals surface area contributed by atoms with Crippen LogP contribution in [0.15, 0.2) is 48.5 Å². The maximum atomic E-state index is 12.0. The first-order valence-corrected chi connectivity index (χ1v) is 7.15. The summed E-state index contributed by atoms with van der Waals surface area (Å²) in [6, 6.07) is 15.4. The third-order valence-electron chi connectivity index (χ3n) is 3.56. The van der Waals surface area contributed by atoms with Crippen molar-refractivity contribution in [1.82, 2.24) is 14.9 Å². The number of benzene rings is 2. The van der Waals surface area contributed by atoms with Gasteiger partial charge in [-0.2, -0.15) is 0 Å². The fourth-order valence-electron chi connectivity index (χ4n) is 2.41. The Morgan fingerprint density at radius 3 is 2.77 bits per heavy atom. The molecule has 2 amide bonds. The van der Waals surface area contributed by atoms with Crippen LogP contribution < -0.4 is 10.6 Å². The Morgan fingerprint density at radius 2 is 2.00 bits per heavy atom. The van der Waals surface area contributed by atoms with Crippen LogP contribution in [0, 0.1) is 6.92 Å². The largest absolute Gasteiger partial charge is 0.331 e. The number of aromatic nitrogens is 2. The van der Waals surface area contributed by atoms with E-state index in [9.17, 15) is 4.79 Å². The lowest BCUT2D eigenvalue weighted by Gasteiger charge is -2.08. The summed E-state index contributed by atoms with van der Waals surface area (Å²) < 4.78 is 1.99. The minimum atomic E-state index is -0.238. The van der Waals surface area contributed by atoms with Gasteiger partial charge in [-0.15, -0.1) is 0 Å². The van der Waals surface area contributed by atoms with Gasteiger partial charge in [-0.1, -0.05) is 24.3 Å². The number of urea groups is 1. The summed E-state index contributed by atoms with van der Waals surface area (Å²) in [6.07, 6.45) is 0. The molecule has 3 rings (SSSR count). The zero-order valence-electron chi connectivity index (χ0n) is 12.6. The van der Waals surface area contributed by atoms with E-state index >= 15 is 0 Å². The molecule has 2 N–H and O–H groups in total. The topological polar surface area (TPSA) is 59.0 Å². The van der Waals surface area contributed by atoms with Crippen LogP contribution in [0.2, 0.25) is 0 Å². The van der Waals surface area contributed by atoms with Crippen LogP contribution in [0.4, 0.5) is 10.5 Å². The van der Waals surface area contributed by atoms with E-state index in [2.05, 4.69) is 15.6 Å². The molecule has 0 saturated heterocycles. The van der Waals surface area contributed by atoms with Crippen molar-refractivity contribution in [3.63, 3.8) is 0 Å². The summed E-state index contributed by atoms with van der Waals surface area (Å²) in [6.45, 7) is 2.37. The standard InChI is InChI=1S/C17H18N4O/c1-12-6-5-7-13(10-12)19-17(22)18-11-16-20-14-8-3-4-9-15(14)21(16)2/h3-10H,11H2,1-2H3,(H2,18,19,22). The summed E-state index contributed by atoms with van der Waals surface area (Å²) in [5.74, 6) is 0.820. The van der Waals surface area contributed by atoms with Gasteiger partial charge >= 0.3 is 6.03 Å². The van der Waals surface area contributed by atoms with Crippen LogP contribution >= 0.6 is 0 Å². The van der Waals surface area contributed by atoms with Crippen molar-refractivity contribution in [3.05, 3.63) is 59.9 Å². The number of carbonyl (C=O) groups is 1. The Balaban J connectivity index is 1.66. The van der Waals surface area contributed by atoms with Gasteiger partial charge < -0.3 is 15.2 Å². The predicted octanol–water partition coefficient (Wildman–Crippen LogP) is 3.20. The SMILES string of the molecule is Cc1cccc(NC(=O)NCc2nc3ccccc3n2C)c1. The summed E-state index contributed by atoms with van der Waals surface area (Å²) in [4.78, 5) is 16.5. The van der Waals surface area contributed by atoms with Gasteiger partial charge in [0, 0.05) is 12.7 Å². The van der Waals surface area contributed by atoms with Gasteiger partial charge in [0.1, 0.15) is 5.82 Å². The molecule has 22 heavy (non-hydrogen) atoms. The Morgan fingerprint density at radius 1 is 1.18 bits per heavy atom. The lowest BCUT2D eigenvalue weighted by molar-refractivity contribution is 0.251. The molecular formula is C17H18N4O. The smallest absolute Gasteiger partial charge is 0.319 e. The maximum absolute atomic E-state index is 12.0. The Labute approximate surface area is 129 Å². The van der Waals surface area contributed by atoms with E-state index in [0.29, 0.717) is 6.54 Å².